The summed E-state index contributed by atoms with van der Waals surface area (Å²) in [6, 6.07) is 12.2. The van der Waals surface area contributed by atoms with Crippen LogP contribution in [0.1, 0.15) is 35.1 Å². The number of aliphatic hydroxyl groups is 1. The first kappa shape index (κ1) is 11.7. The Labute approximate surface area is 110 Å². The fraction of sp³-hybridized carbons (Fsp3) is 0.200. The van der Waals surface area contributed by atoms with Crippen LogP contribution in [0.15, 0.2) is 42.5 Å². The number of hydrogen-bond donors (Lipinski definition) is 1. The number of aliphatic hydroxyl groups excluding tert-OH is 1. The SMILES string of the molecule is O[C@@H]1C[C@@H](c2ccccc2F)c2ccc(Cl)cc21. The predicted octanol–water partition coefficient (Wildman–Crippen LogP) is 4.05. The van der Waals surface area contributed by atoms with Gasteiger partial charge in [-0.1, -0.05) is 35.9 Å². The van der Waals surface area contributed by atoms with Crippen LogP contribution < -0.4 is 0 Å². The van der Waals surface area contributed by atoms with E-state index in [4.69, 9.17) is 11.6 Å². The molecule has 0 aromatic heterocycles. The van der Waals surface area contributed by atoms with Crippen molar-refractivity contribution in [3.05, 3.63) is 70.0 Å². The molecule has 0 radical (unpaired) electrons. The van der Waals surface area contributed by atoms with Gasteiger partial charge in [-0.05, 0) is 41.3 Å². The summed E-state index contributed by atoms with van der Waals surface area (Å²) in [7, 11) is 0. The number of fused-ring (bicyclic) bond motifs is 1. The summed E-state index contributed by atoms with van der Waals surface area (Å²) < 4.78 is 13.8. The summed E-state index contributed by atoms with van der Waals surface area (Å²) in [4.78, 5) is 0. The Morgan fingerprint density at radius 1 is 1.06 bits per heavy atom. The lowest BCUT2D eigenvalue weighted by atomic mass is 9.93. The molecule has 2 aromatic rings. The minimum Gasteiger partial charge on any atom is -0.388 e. The summed E-state index contributed by atoms with van der Waals surface area (Å²) in [5.74, 6) is -0.314. The van der Waals surface area contributed by atoms with Crippen LogP contribution in [0.25, 0.3) is 0 Å². The molecule has 1 nitrogen and oxygen atoms in total. The molecule has 3 heteroatoms. The van der Waals surface area contributed by atoms with E-state index in [1.807, 2.05) is 12.1 Å². The van der Waals surface area contributed by atoms with Gasteiger partial charge in [0.1, 0.15) is 5.82 Å². The van der Waals surface area contributed by atoms with Crippen LogP contribution in [0, 0.1) is 5.82 Å². The zero-order chi connectivity index (χ0) is 12.7. The summed E-state index contributed by atoms with van der Waals surface area (Å²) in [6.45, 7) is 0. The Morgan fingerprint density at radius 3 is 2.61 bits per heavy atom. The average Bonchev–Trinajstić information content (AvgIpc) is 2.67. The van der Waals surface area contributed by atoms with E-state index in [2.05, 4.69) is 0 Å². The largest absolute Gasteiger partial charge is 0.388 e. The molecule has 1 aliphatic carbocycles. The normalized spacial score (nSPS) is 21.9. The molecular formula is C15H12ClFO. The highest BCUT2D eigenvalue weighted by Crippen LogP contribution is 2.45. The zero-order valence-corrected chi connectivity index (χ0v) is 10.4. The molecule has 0 saturated carbocycles. The van der Waals surface area contributed by atoms with Gasteiger partial charge in [0, 0.05) is 10.9 Å². The van der Waals surface area contributed by atoms with Gasteiger partial charge >= 0.3 is 0 Å². The maximum absolute atomic E-state index is 13.8. The Bertz CT molecular complexity index is 597. The van der Waals surface area contributed by atoms with Gasteiger partial charge in [-0.25, -0.2) is 4.39 Å². The Morgan fingerprint density at radius 2 is 1.83 bits per heavy atom. The van der Waals surface area contributed by atoms with Crippen LogP contribution in [0.2, 0.25) is 5.02 Å². The average molecular weight is 263 g/mol. The van der Waals surface area contributed by atoms with E-state index in [0.29, 0.717) is 17.0 Å². The van der Waals surface area contributed by atoms with Crippen molar-refractivity contribution < 1.29 is 9.50 Å². The maximum Gasteiger partial charge on any atom is 0.127 e. The van der Waals surface area contributed by atoms with E-state index in [-0.39, 0.29) is 11.7 Å². The molecule has 92 valence electrons. The second-order valence-corrected chi connectivity index (χ2v) is 5.04. The first-order valence-electron chi connectivity index (χ1n) is 5.88. The number of rotatable bonds is 1. The first-order valence-corrected chi connectivity index (χ1v) is 6.26. The van der Waals surface area contributed by atoms with Crippen molar-refractivity contribution in [2.75, 3.05) is 0 Å². The lowest BCUT2D eigenvalue weighted by molar-refractivity contribution is 0.176. The van der Waals surface area contributed by atoms with E-state index in [0.717, 1.165) is 11.1 Å². The van der Waals surface area contributed by atoms with Crippen LogP contribution in [0.5, 0.6) is 0 Å². The van der Waals surface area contributed by atoms with Gasteiger partial charge in [0.25, 0.3) is 0 Å². The van der Waals surface area contributed by atoms with E-state index in [9.17, 15) is 9.50 Å². The third-order valence-electron chi connectivity index (χ3n) is 3.52. The van der Waals surface area contributed by atoms with Gasteiger partial charge in [0.2, 0.25) is 0 Å². The van der Waals surface area contributed by atoms with Crippen LogP contribution in [-0.2, 0) is 0 Å². The molecule has 0 bridgehead atoms. The van der Waals surface area contributed by atoms with Crippen molar-refractivity contribution in [1.82, 2.24) is 0 Å². The molecule has 3 rings (SSSR count). The van der Waals surface area contributed by atoms with Crippen molar-refractivity contribution in [1.29, 1.82) is 0 Å². The summed E-state index contributed by atoms with van der Waals surface area (Å²) >= 11 is 5.93. The number of halogens is 2. The van der Waals surface area contributed by atoms with Crippen LogP contribution in [0.4, 0.5) is 4.39 Å². The second kappa shape index (κ2) is 4.38. The molecule has 0 heterocycles. The standard InChI is InChI=1S/C15H12ClFO/c16-9-5-6-10-12(8-15(18)13(10)7-9)11-3-1-2-4-14(11)17/h1-7,12,15,18H,8H2/t12-,15-/m1/s1. The van der Waals surface area contributed by atoms with Crippen LogP contribution in [-0.4, -0.2) is 5.11 Å². The maximum atomic E-state index is 13.8. The van der Waals surface area contributed by atoms with Gasteiger partial charge in [-0.2, -0.15) is 0 Å². The molecule has 0 fully saturated rings. The molecule has 2 aromatic carbocycles. The fourth-order valence-electron chi connectivity index (χ4n) is 2.68. The minimum atomic E-state index is -0.566. The molecule has 0 spiro atoms. The minimum absolute atomic E-state index is 0.0894. The van der Waals surface area contributed by atoms with Crippen molar-refractivity contribution in [2.24, 2.45) is 0 Å². The highest BCUT2D eigenvalue weighted by molar-refractivity contribution is 6.30. The van der Waals surface area contributed by atoms with Gasteiger partial charge < -0.3 is 5.11 Å². The lowest BCUT2D eigenvalue weighted by Crippen LogP contribution is -1.99. The molecule has 1 aliphatic rings. The number of hydrogen-bond acceptors (Lipinski definition) is 1. The summed E-state index contributed by atoms with van der Waals surface area (Å²) in [6.07, 6.45) is -0.0559. The van der Waals surface area contributed by atoms with Crippen LogP contribution >= 0.6 is 11.6 Å². The zero-order valence-electron chi connectivity index (χ0n) is 9.61. The quantitative estimate of drug-likeness (QED) is 0.822. The van der Waals surface area contributed by atoms with Gasteiger partial charge in [0.15, 0.2) is 0 Å². The van der Waals surface area contributed by atoms with E-state index in [1.54, 1.807) is 24.3 Å². The van der Waals surface area contributed by atoms with Gasteiger partial charge in [-0.15, -0.1) is 0 Å². The summed E-state index contributed by atoms with van der Waals surface area (Å²) in [5, 5.41) is 10.6. The van der Waals surface area contributed by atoms with E-state index in [1.165, 1.54) is 6.07 Å². The highest BCUT2D eigenvalue weighted by Gasteiger charge is 2.32. The van der Waals surface area contributed by atoms with Crippen molar-refractivity contribution in [3.63, 3.8) is 0 Å². The van der Waals surface area contributed by atoms with E-state index < -0.39 is 6.10 Å². The molecule has 0 aliphatic heterocycles. The number of benzene rings is 2. The van der Waals surface area contributed by atoms with Crippen LogP contribution in [0.3, 0.4) is 0 Å². The molecule has 2 atom stereocenters. The topological polar surface area (TPSA) is 20.2 Å². The molecular weight excluding hydrogens is 251 g/mol. The monoisotopic (exact) mass is 262 g/mol. The molecule has 0 amide bonds. The third kappa shape index (κ3) is 1.82. The molecule has 1 N–H and O–H groups in total. The smallest absolute Gasteiger partial charge is 0.127 e. The Hall–Kier alpha value is -1.38. The Kier molecular flexibility index (Phi) is 2.84. The third-order valence-corrected chi connectivity index (χ3v) is 3.76. The first-order chi connectivity index (χ1) is 8.66. The van der Waals surface area contributed by atoms with Crippen molar-refractivity contribution in [2.45, 2.75) is 18.4 Å². The summed E-state index contributed by atoms with van der Waals surface area (Å²) in [5.41, 5.74) is 2.42. The Balaban J connectivity index is 2.11. The van der Waals surface area contributed by atoms with Gasteiger partial charge in [-0.3, -0.25) is 0 Å². The molecule has 0 unspecified atom stereocenters. The van der Waals surface area contributed by atoms with Crippen molar-refractivity contribution >= 4 is 11.6 Å². The molecule has 0 saturated heterocycles. The highest BCUT2D eigenvalue weighted by atomic mass is 35.5. The molecule has 18 heavy (non-hydrogen) atoms. The van der Waals surface area contributed by atoms with Crippen molar-refractivity contribution in [3.8, 4) is 0 Å². The van der Waals surface area contributed by atoms with E-state index >= 15 is 0 Å². The second-order valence-electron chi connectivity index (χ2n) is 4.60. The fourth-order valence-corrected chi connectivity index (χ4v) is 2.86. The lowest BCUT2D eigenvalue weighted by Gasteiger charge is -2.12. The van der Waals surface area contributed by atoms with Gasteiger partial charge in [0.05, 0.1) is 6.10 Å². The predicted molar refractivity (Wildman–Crippen MR) is 69.3 cm³/mol.